The van der Waals surface area contributed by atoms with Gasteiger partial charge in [-0.05, 0) is 70.6 Å². The topological polar surface area (TPSA) is 117 Å². The quantitative estimate of drug-likeness (QED) is 0.114. The Morgan fingerprint density at radius 3 is 2.30 bits per heavy atom. The van der Waals surface area contributed by atoms with Crippen molar-refractivity contribution in [1.29, 1.82) is 0 Å². The highest BCUT2D eigenvalue weighted by Gasteiger charge is 2.31. The molecule has 0 spiro atoms. The molecule has 4 heterocycles. The number of rotatable bonds is 11. The molecule has 1 atom stereocenters. The molecule has 260 valence electrons. The molecule has 1 saturated heterocycles. The van der Waals surface area contributed by atoms with Crippen LogP contribution in [0.15, 0.2) is 85.1 Å². The van der Waals surface area contributed by atoms with Gasteiger partial charge in [-0.2, -0.15) is 0 Å². The van der Waals surface area contributed by atoms with E-state index < -0.39 is 11.3 Å². The van der Waals surface area contributed by atoms with E-state index in [1.807, 2.05) is 54.6 Å². The van der Waals surface area contributed by atoms with Crippen LogP contribution in [0.2, 0.25) is 0 Å². The van der Waals surface area contributed by atoms with Crippen LogP contribution < -0.4 is 23.8 Å². The number of aromatic nitrogens is 3. The molecule has 0 saturated carbocycles. The lowest BCUT2D eigenvalue weighted by Gasteiger charge is -2.35. The lowest BCUT2D eigenvalue weighted by Crippen LogP contribution is -2.46. The zero-order valence-corrected chi connectivity index (χ0v) is 26.8. The summed E-state index contributed by atoms with van der Waals surface area (Å²) in [5.41, 5.74) is 2.76. The van der Waals surface area contributed by atoms with E-state index in [-0.39, 0.29) is 30.3 Å². The number of hydrogen-bond acceptors (Lipinski definition) is 10. The number of aryl methyl sites for hydroxylation is 1. The molecule has 2 aromatic heterocycles. The second-order valence-electron chi connectivity index (χ2n) is 12.1. The van der Waals surface area contributed by atoms with Gasteiger partial charge in [-0.15, -0.1) is 13.2 Å². The molecule has 50 heavy (non-hydrogen) atoms. The number of imidazole rings is 1. The minimum atomic E-state index is -4.72. The second-order valence-corrected chi connectivity index (χ2v) is 12.1. The summed E-state index contributed by atoms with van der Waals surface area (Å²) in [6, 6.07) is 23.6. The number of fused-ring (bicyclic) bond motifs is 2. The summed E-state index contributed by atoms with van der Waals surface area (Å²) in [7, 11) is 0. The Morgan fingerprint density at radius 2 is 1.56 bits per heavy atom. The highest BCUT2D eigenvalue weighted by Crippen LogP contribution is 2.28. The van der Waals surface area contributed by atoms with Crippen molar-refractivity contribution in [3.63, 3.8) is 0 Å². The van der Waals surface area contributed by atoms with Gasteiger partial charge in [-0.1, -0.05) is 24.3 Å². The molecule has 5 aromatic rings. The fourth-order valence-corrected chi connectivity index (χ4v) is 5.92. The van der Waals surface area contributed by atoms with Crippen molar-refractivity contribution >= 4 is 22.5 Å². The highest BCUT2D eigenvalue weighted by atomic mass is 19.4. The molecule has 15 heteroatoms. The van der Waals surface area contributed by atoms with Crippen LogP contribution >= 0.6 is 0 Å². The van der Waals surface area contributed by atoms with Crippen LogP contribution in [-0.4, -0.2) is 69.6 Å². The van der Waals surface area contributed by atoms with Gasteiger partial charge in [0.05, 0.1) is 5.52 Å². The third-order valence-electron chi connectivity index (χ3n) is 8.55. The number of halogens is 3. The number of piperazine rings is 1. The third-order valence-corrected chi connectivity index (χ3v) is 8.55. The molecular weight excluding hydrogens is 657 g/mol. The normalized spacial score (nSPS) is 16.5. The summed E-state index contributed by atoms with van der Waals surface area (Å²) >= 11 is 0. The van der Waals surface area contributed by atoms with Gasteiger partial charge in [-0.25, -0.2) is 4.98 Å². The molecule has 1 fully saturated rings. The molecule has 0 N–H and O–H groups in total. The van der Waals surface area contributed by atoms with Crippen molar-refractivity contribution in [2.75, 3.05) is 37.7 Å². The average Bonchev–Trinajstić information content (AvgIpc) is 3.55. The summed E-state index contributed by atoms with van der Waals surface area (Å²) in [6.07, 6.45) is -2.94. The summed E-state index contributed by atoms with van der Waals surface area (Å²) in [5, 5.41) is 12.0. The van der Waals surface area contributed by atoms with Crippen molar-refractivity contribution in [1.82, 2.24) is 19.4 Å². The van der Waals surface area contributed by atoms with Crippen LogP contribution in [0.4, 0.5) is 24.8 Å². The lowest BCUT2D eigenvalue weighted by atomic mass is 10.1. The van der Waals surface area contributed by atoms with Crippen LogP contribution in [0, 0.1) is 10.1 Å². The number of hydrogen-bond donors (Lipinski definition) is 0. The van der Waals surface area contributed by atoms with Crippen LogP contribution in [-0.2, 0) is 19.7 Å². The minimum absolute atomic E-state index is 0.228. The van der Waals surface area contributed by atoms with E-state index in [1.54, 1.807) is 16.7 Å². The number of alkyl halides is 3. The Bertz CT molecular complexity index is 1950. The molecule has 3 aromatic carbocycles. The average molecular weight is 691 g/mol. The van der Waals surface area contributed by atoms with Crippen LogP contribution in [0.3, 0.4) is 0 Å². The Balaban J connectivity index is 0.857. The number of anilines is 1. The first-order valence-corrected chi connectivity index (χ1v) is 16.1. The Hall–Kier alpha value is -5.57. The largest absolute Gasteiger partial charge is 0.573 e. The summed E-state index contributed by atoms with van der Waals surface area (Å²) in [5.74, 6) is 1.80. The molecule has 2 aliphatic heterocycles. The fourth-order valence-electron chi connectivity index (χ4n) is 5.92. The first-order chi connectivity index (χ1) is 24.1. The van der Waals surface area contributed by atoms with Crippen molar-refractivity contribution in [3.8, 4) is 23.3 Å². The summed E-state index contributed by atoms with van der Waals surface area (Å²) in [4.78, 5) is 24.0. The van der Waals surface area contributed by atoms with Gasteiger partial charge in [0.1, 0.15) is 48.6 Å². The molecule has 0 aliphatic carbocycles. The van der Waals surface area contributed by atoms with E-state index in [1.165, 1.54) is 18.3 Å². The van der Waals surface area contributed by atoms with Gasteiger partial charge < -0.3 is 34.0 Å². The van der Waals surface area contributed by atoms with E-state index in [4.69, 9.17) is 19.2 Å². The van der Waals surface area contributed by atoms with Gasteiger partial charge in [-0.3, -0.25) is 9.47 Å². The predicted octanol–water partition coefficient (Wildman–Crippen LogP) is 6.37. The minimum Gasteiger partial charge on any atom is -0.490 e. The summed E-state index contributed by atoms with van der Waals surface area (Å²) < 4.78 is 60.2. The van der Waals surface area contributed by atoms with Crippen molar-refractivity contribution in [2.24, 2.45) is 0 Å². The van der Waals surface area contributed by atoms with Gasteiger partial charge >= 0.3 is 18.2 Å². The number of nitrogens with zero attached hydrogens (tertiary/aromatic N) is 6. The Morgan fingerprint density at radius 1 is 0.840 bits per heavy atom. The van der Waals surface area contributed by atoms with Crippen molar-refractivity contribution in [3.05, 3.63) is 106 Å². The molecule has 7 rings (SSSR count). The van der Waals surface area contributed by atoms with Gasteiger partial charge in [0, 0.05) is 56.1 Å². The molecular formula is C35H33F3N6O6. The number of ether oxygens (including phenoxy) is 4. The Labute approximate surface area is 284 Å². The zero-order chi connectivity index (χ0) is 34.7. The highest BCUT2D eigenvalue weighted by molar-refractivity contribution is 5.81. The van der Waals surface area contributed by atoms with Crippen LogP contribution in [0.1, 0.15) is 17.5 Å². The van der Waals surface area contributed by atoms with E-state index in [9.17, 15) is 23.3 Å². The fraction of sp³-hybridized carbons (Fsp3) is 0.314. The van der Waals surface area contributed by atoms with E-state index in [0.717, 1.165) is 60.6 Å². The first kappa shape index (κ1) is 33.0. The molecule has 0 bridgehead atoms. The van der Waals surface area contributed by atoms with Crippen LogP contribution in [0.5, 0.6) is 23.3 Å². The standard InChI is InChI=1S/C35H33F3N6O6/c36-35(37,38)50-28-8-3-25(4-9-28)22-47-27-6-1-24(2-7-27)20-41-15-17-42(18-16-41)32-12-5-26-19-29(10-11-31(26)39-32)48-23-30-13-14-43-21-33(44(45)46)40-34(43)49-30/h1-12,19,21,30H,13-18,20,22-23H2/t30-/m1/s1. The lowest BCUT2D eigenvalue weighted by molar-refractivity contribution is -0.389. The first-order valence-electron chi connectivity index (χ1n) is 16.1. The number of pyridine rings is 1. The van der Waals surface area contributed by atoms with E-state index in [2.05, 4.69) is 19.5 Å². The van der Waals surface area contributed by atoms with Crippen molar-refractivity contribution < 1.29 is 37.0 Å². The second kappa shape index (κ2) is 14.1. The van der Waals surface area contributed by atoms with Gasteiger partial charge in [0.15, 0.2) is 0 Å². The van der Waals surface area contributed by atoms with Crippen LogP contribution in [0.25, 0.3) is 10.9 Å². The zero-order valence-electron chi connectivity index (χ0n) is 26.8. The molecule has 0 amide bonds. The predicted molar refractivity (Wildman–Crippen MR) is 177 cm³/mol. The van der Waals surface area contributed by atoms with Crippen molar-refractivity contribution in [2.45, 2.75) is 38.6 Å². The van der Waals surface area contributed by atoms with Gasteiger partial charge in [0.25, 0.3) is 0 Å². The number of benzene rings is 3. The Kier molecular flexibility index (Phi) is 9.30. The van der Waals surface area contributed by atoms with E-state index >= 15 is 0 Å². The molecule has 2 aliphatic rings. The maximum absolute atomic E-state index is 12.4. The third kappa shape index (κ3) is 8.17. The smallest absolute Gasteiger partial charge is 0.490 e. The maximum Gasteiger partial charge on any atom is 0.573 e. The van der Waals surface area contributed by atoms with Gasteiger partial charge in [0.2, 0.25) is 0 Å². The maximum atomic E-state index is 12.4. The summed E-state index contributed by atoms with van der Waals surface area (Å²) in [6.45, 7) is 5.36. The number of nitro groups is 1. The molecule has 0 radical (unpaired) electrons. The monoisotopic (exact) mass is 690 g/mol. The molecule has 0 unspecified atom stereocenters. The molecule has 12 nitrogen and oxygen atoms in total. The SMILES string of the molecule is O=[N+]([O-])c1cn2c(n1)O[C@@H](COc1ccc3nc(N4CCN(Cc5ccc(OCc6ccc(OC(F)(F)F)cc6)cc5)CC4)ccc3c1)CC2. The van der Waals surface area contributed by atoms with E-state index in [0.29, 0.717) is 31.1 Å².